The summed E-state index contributed by atoms with van der Waals surface area (Å²) in [6.07, 6.45) is 4.94. The first-order valence-electron chi connectivity index (χ1n) is 10.4. The van der Waals surface area contributed by atoms with E-state index in [1.807, 2.05) is 0 Å². The van der Waals surface area contributed by atoms with E-state index in [1.165, 1.54) is 32.7 Å². The molecule has 4 aromatic carbocycles. The quantitative estimate of drug-likeness (QED) is 0.404. The number of hydrogen-bond donors (Lipinski definition) is 0. The van der Waals surface area contributed by atoms with Crippen molar-refractivity contribution in [3.63, 3.8) is 0 Å². The average molecular weight is 488 g/mol. The predicted octanol–water partition coefficient (Wildman–Crippen LogP) is 1.70. The van der Waals surface area contributed by atoms with Gasteiger partial charge in [0.2, 0.25) is 0 Å². The first-order chi connectivity index (χ1) is 14.2. The predicted molar refractivity (Wildman–Crippen MR) is 121 cm³/mol. The fourth-order valence-electron chi connectivity index (χ4n) is 5.17. The van der Waals surface area contributed by atoms with Gasteiger partial charge in [-0.05, 0) is 0 Å². The SMILES string of the molecule is CC1=Cc2c(ccc3ccccc23)[CH]1[Zr+2][CH]1C(C)=Cc2c1ccc1ccccc21.[F-].[F-]. The topological polar surface area (TPSA) is 0 Å². The van der Waals surface area contributed by atoms with Crippen LogP contribution in [-0.4, -0.2) is 0 Å². The van der Waals surface area contributed by atoms with Crippen LogP contribution in [0.2, 0.25) is 0 Å². The molecule has 0 aromatic heterocycles. The third-order valence-corrected chi connectivity index (χ3v) is 12.0. The minimum absolute atomic E-state index is 0. The zero-order valence-corrected chi connectivity index (χ0v) is 20.0. The Hall–Kier alpha value is -2.38. The number of benzene rings is 4. The van der Waals surface area contributed by atoms with Gasteiger partial charge in [0, 0.05) is 0 Å². The van der Waals surface area contributed by atoms with Crippen molar-refractivity contribution in [2.75, 3.05) is 0 Å². The van der Waals surface area contributed by atoms with E-state index >= 15 is 0 Å². The second-order valence-electron chi connectivity index (χ2n) is 8.39. The van der Waals surface area contributed by atoms with Crippen molar-refractivity contribution < 1.29 is 32.6 Å². The minimum Gasteiger partial charge on any atom is -1.00 e. The molecule has 0 aliphatic heterocycles. The molecule has 2 atom stereocenters. The Bertz CT molecular complexity index is 1260. The van der Waals surface area contributed by atoms with E-state index in [-0.39, 0.29) is 9.41 Å². The summed E-state index contributed by atoms with van der Waals surface area (Å²) in [6, 6.07) is 27.1. The van der Waals surface area contributed by atoms with Gasteiger partial charge in [0.25, 0.3) is 0 Å². The summed E-state index contributed by atoms with van der Waals surface area (Å²) < 4.78 is 1.34. The number of halogens is 2. The maximum Gasteiger partial charge on any atom is -1.00 e. The van der Waals surface area contributed by atoms with Gasteiger partial charge >= 0.3 is 184 Å². The van der Waals surface area contributed by atoms with Crippen molar-refractivity contribution in [3.05, 3.63) is 106 Å². The third-order valence-electron chi connectivity index (χ3n) is 6.62. The summed E-state index contributed by atoms with van der Waals surface area (Å²) in [4.78, 5) is 0. The van der Waals surface area contributed by atoms with E-state index in [0.29, 0.717) is 7.25 Å². The molecule has 3 heteroatoms. The molecule has 0 amide bonds. The summed E-state index contributed by atoms with van der Waals surface area (Å²) in [5.41, 5.74) is 9.26. The fourth-order valence-corrected chi connectivity index (χ4v) is 9.81. The molecule has 6 rings (SSSR count). The third kappa shape index (κ3) is 3.35. The molecule has 0 bridgehead atoms. The molecular formula is C28H22F2Zr. The Morgan fingerprint density at radius 2 is 0.968 bits per heavy atom. The Balaban J connectivity index is 0.00000116. The molecule has 31 heavy (non-hydrogen) atoms. The van der Waals surface area contributed by atoms with Gasteiger partial charge in [0.15, 0.2) is 0 Å². The van der Waals surface area contributed by atoms with Gasteiger partial charge in [0.05, 0.1) is 0 Å². The Morgan fingerprint density at radius 3 is 1.42 bits per heavy atom. The Labute approximate surface area is 193 Å². The number of rotatable bonds is 2. The Morgan fingerprint density at radius 1 is 0.548 bits per heavy atom. The molecule has 0 fully saturated rings. The molecule has 0 heterocycles. The van der Waals surface area contributed by atoms with Gasteiger partial charge in [0.1, 0.15) is 0 Å². The molecule has 2 unspecified atom stereocenters. The van der Waals surface area contributed by atoms with Crippen molar-refractivity contribution in [3.8, 4) is 0 Å². The van der Waals surface area contributed by atoms with E-state index in [0.717, 1.165) is 0 Å². The number of allylic oxidation sites excluding steroid dienone is 2. The number of fused-ring (bicyclic) bond motifs is 6. The second kappa shape index (κ2) is 8.28. The van der Waals surface area contributed by atoms with Crippen LogP contribution in [0.5, 0.6) is 0 Å². The summed E-state index contributed by atoms with van der Waals surface area (Å²) in [6.45, 7) is 4.71. The van der Waals surface area contributed by atoms with Crippen LogP contribution in [0.1, 0.15) is 43.4 Å². The van der Waals surface area contributed by atoms with Crippen LogP contribution in [0.25, 0.3) is 33.7 Å². The zero-order valence-electron chi connectivity index (χ0n) is 17.5. The summed E-state index contributed by atoms with van der Waals surface area (Å²) in [5, 5.41) is 5.54. The molecule has 0 nitrogen and oxygen atoms in total. The van der Waals surface area contributed by atoms with Crippen LogP contribution in [0, 0.1) is 0 Å². The molecular weight excluding hydrogens is 466 g/mol. The smallest absolute Gasteiger partial charge is 1.00 e. The van der Waals surface area contributed by atoms with Crippen LogP contribution in [0.15, 0.2) is 83.9 Å². The van der Waals surface area contributed by atoms with Gasteiger partial charge in [-0.25, -0.2) is 0 Å². The van der Waals surface area contributed by atoms with Crippen LogP contribution in [0.4, 0.5) is 0 Å². The molecule has 2 aliphatic carbocycles. The van der Waals surface area contributed by atoms with Gasteiger partial charge in [-0.2, -0.15) is 0 Å². The van der Waals surface area contributed by atoms with Crippen molar-refractivity contribution in [2.24, 2.45) is 0 Å². The maximum atomic E-state index is 2.47. The van der Waals surface area contributed by atoms with Crippen LogP contribution < -0.4 is 9.41 Å². The molecule has 2 aliphatic rings. The monoisotopic (exact) mass is 486 g/mol. The molecule has 0 saturated heterocycles. The van der Waals surface area contributed by atoms with Gasteiger partial charge in [-0.1, -0.05) is 0 Å². The van der Waals surface area contributed by atoms with Crippen molar-refractivity contribution in [1.82, 2.24) is 0 Å². The number of hydrogen-bond acceptors (Lipinski definition) is 0. The molecule has 152 valence electrons. The van der Waals surface area contributed by atoms with Crippen LogP contribution in [-0.2, 0) is 23.2 Å². The standard InChI is InChI=1S/2C14H11.2FH.Zr/c2*1-10-8-12-7-6-11-4-2-3-5-13(11)14(12)9-10;;;/h2*2-9H,1H3;2*1H;/q;;;;+2/p-2. The van der Waals surface area contributed by atoms with E-state index in [9.17, 15) is 0 Å². The van der Waals surface area contributed by atoms with Crippen molar-refractivity contribution >= 4 is 33.7 Å². The fraction of sp³-hybridized carbons (Fsp3) is 0.143. The van der Waals surface area contributed by atoms with Gasteiger partial charge in [-0.15, -0.1) is 0 Å². The van der Waals surface area contributed by atoms with E-state index in [1.54, 1.807) is 22.3 Å². The minimum atomic E-state index is -0.769. The van der Waals surface area contributed by atoms with Crippen LogP contribution >= 0.6 is 0 Å². The maximum absolute atomic E-state index is 2.47. The zero-order chi connectivity index (χ0) is 19.5. The molecule has 0 spiro atoms. The first kappa shape index (κ1) is 21.8. The van der Waals surface area contributed by atoms with Crippen molar-refractivity contribution in [2.45, 2.75) is 21.1 Å². The Kier molecular flexibility index (Phi) is 5.83. The van der Waals surface area contributed by atoms with Gasteiger partial charge < -0.3 is 9.41 Å². The van der Waals surface area contributed by atoms with Crippen LogP contribution in [0.3, 0.4) is 0 Å². The average Bonchev–Trinajstić information content (AvgIpc) is 3.25. The van der Waals surface area contributed by atoms with Crippen molar-refractivity contribution in [1.29, 1.82) is 0 Å². The normalized spacial score (nSPS) is 18.4. The molecule has 0 N–H and O–H groups in total. The largest absolute Gasteiger partial charge is 1.00 e. The van der Waals surface area contributed by atoms with E-state index in [2.05, 4.69) is 98.8 Å². The molecule has 0 radical (unpaired) electrons. The molecule has 0 saturated carbocycles. The molecule has 4 aromatic rings. The summed E-state index contributed by atoms with van der Waals surface area (Å²) in [7, 11) is 0. The van der Waals surface area contributed by atoms with E-state index < -0.39 is 23.2 Å². The first-order valence-corrected chi connectivity index (χ1v) is 13.2. The van der Waals surface area contributed by atoms with E-state index in [4.69, 9.17) is 0 Å². The van der Waals surface area contributed by atoms with Gasteiger partial charge in [-0.3, -0.25) is 0 Å². The second-order valence-corrected chi connectivity index (χ2v) is 12.0. The summed E-state index contributed by atoms with van der Waals surface area (Å²) >= 11 is -0.769. The summed E-state index contributed by atoms with van der Waals surface area (Å²) in [5.74, 6) is 0.